The molecule has 25 nitrogen and oxygen atoms in total. The van der Waals surface area contributed by atoms with Crippen molar-refractivity contribution in [3.05, 3.63) is 150 Å². The number of hydrogen-bond acceptors (Lipinski definition) is 21. The van der Waals surface area contributed by atoms with E-state index in [1.165, 1.54) is 48.8 Å². The van der Waals surface area contributed by atoms with Gasteiger partial charge in [-0.05, 0) is 95.2 Å². The highest BCUT2D eigenvalue weighted by atomic mass is 32.2. The summed E-state index contributed by atoms with van der Waals surface area (Å²) in [5.74, 6) is -7.06. The van der Waals surface area contributed by atoms with Crippen LogP contribution in [0.5, 0.6) is 0 Å². The van der Waals surface area contributed by atoms with E-state index in [1.54, 1.807) is 48.5 Å². The highest BCUT2D eigenvalue weighted by Crippen LogP contribution is 2.35. The number of nitrogens with zero attached hydrogens (tertiary/aromatic N) is 1. The van der Waals surface area contributed by atoms with Crippen molar-refractivity contribution in [3.63, 3.8) is 0 Å². The van der Waals surface area contributed by atoms with Crippen LogP contribution in [0.1, 0.15) is 93.9 Å². The van der Waals surface area contributed by atoms with Crippen LogP contribution in [-0.4, -0.2) is 217 Å². The summed E-state index contributed by atoms with van der Waals surface area (Å²) in [6, 6.07) is 32.9. The molecule has 500 valence electrons. The molecule has 0 bridgehead atoms. The number of Topliss-reactive ketones (excluding diaryl/α,β-unsaturated/α-hetero) is 1. The number of hydrogen-bond donors (Lipinski definition) is 12. The first-order chi connectivity index (χ1) is 44.6. The molecule has 5 amide bonds. The Balaban J connectivity index is 0.765. The minimum absolute atomic E-state index is 0.0299. The normalized spacial score (nSPS) is 22.4. The number of amides is 5. The van der Waals surface area contributed by atoms with E-state index in [-0.39, 0.29) is 43.2 Å². The summed E-state index contributed by atoms with van der Waals surface area (Å²) < 4.78 is 23.4. The second-order valence-corrected chi connectivity index (χ2v) is 24.9. The van der Waals surface area contributed by atoms with Gasteiger partial charge in [-0.15, -0.1) is 0 Å². The fourth-order valence-corrected chi connectivity index (χ4v) is 12.2. The summed E-state index contributed by atoms with van der Waals surface area (Å²) in [4.78, 5) is 106. The van der Waals surface area contributed by atoms with Crippen LogP contribution >= 0.6 is 23.5 Å². The Morgan fingerprint density at radius 2 is 1.04 bits per heavy atom. The number of benzene rings is 4. The van der Waals surface area contributed by atoms with E-state index < -0.39 is 134 Å². The molecule has 2 aliphatic heterocycles. The van der Waals surface area contributed by atoms with E-state index in [9.17, 15) is 74.1 Å². The van der Waals surface area contributed by atoms with Crippen LogP contribution in [0.25, 0.3) is 22.3 Å². The lowest BCUT2D eigenvalue weighted by Crippen LogP contribution is -2.68. The van der Waals surface area contributed by atoms with Crippen molar-refractivity contribution < 1.29 is 93.0 Å². The molecule has 12 N–H and O–H groups in total. The number of carbonyl (C=O) groups is 8. The lowest BCUT2D eigenvalue weighted by Gasteiger charge is -2.46. The number of aliphatic hydroxyl groups excluding tert-OH is 6. The smallest absolute Gasteiger partial charge is 0.364 e. The molecule has 27 heteroatoms. The first-order valence-corrected chi connectivity index (χ1v) is 32.7. The average molecular weight is 1330 g/mol. The van der Waals surface area contributed by atoms with Gasteiger partial charge in [-0.25, -0.2) is 4.79 Å². The quantitative estimate of drug-likeness (QED) is 0.0158. The maximum Gasteiger partial charge on any atom is 0.364 e. The highest BCUT2D eigenvalue weighted by Gasteiger charge is 2.56. The topological polar surface area (TPSA) is 388 Å². The summed E-state index contributed by atoms with van der Waals surface area (Å²) in [6.07, 6.45) is -11.4. The predicted molar refractivity (Wildman–Crippen MR) is 344 cm³/mol. The van der Waals surface area contributed by atoms with Crippen molar-refractivity contribution in [1.29, 1.82) is 0 Å². The predicted octanol–water partition coefficient (Wildman–Crippen LogP) is 2.68. The lowest BCUT2D eigenvalue weighted by molar-refractivity contribution is -0.310. The molecular weight excluding hydrogens is 1240 g/mol. The molecule has 0 spiro atoms. The molecule has 7 rings (SSSR count). The maximum atomic E-state index is 13.0. The summed E-state index contributed by atoms with van der Waals surface area (Å²) >= 11 is 2.94. The Kier molecular flexibility index (Phi) is 28.0. The first-order valence-electron chi connectivity index (χ1n) is 30.4. The standard InChI is InChI=1S/C66H80N6O19S2/c1-40(74)71-55-51(77)34-65(39-73,90-59(55)57(81)53(79)37-69-61(83)46-21-17-44(18-22-46)42-12-5-3-6-13-42)88-28-10-32-93-33-27-67-63(85)49-26-25-48(36-68-49)50(76)16-9-30-92-31-11-29-89-66(64(86)87)35-52(78)56(72-41(2)75)60(91-66)58(82)54(80)38-70-62(84)47-23-19-45(20-24-47)43-14-7-4-8-15-43/h3-8,12-15,17-26,36,39,51-60,77-82H,9-11,16,27-35,37-38H2,1-2H3,(H,67,85)(H,69,83)(H,70,84)(H,71,74)(H,72,75)(H,86,87)/t51-,52-,53+,54+,55+,56+,57+,58+,59+,60+,65+,66+/m0/s1. The monoisotopic (exact) mass is 1320 g/mol. The van der Waals surface area contributed by atoms with Gasteiger partial charge in [0, 0.05) is 81.4 Å². The number of aldehydes is 1. The van der Waals surface area contributed by atoms with E-state index >= 15 is 0 Å². The van der Waals surface area contributed by atoms with Crippen LogP contribution in [0.15, 0.2) is 128 Å². The summed E-state index contributed by atoms with van der Waals surface area (Å²) in [6.45, 7) is 1.47. The molecule has 12 atom stereocenters. The molecule has 2 aliphatic rings. The number of carboxylic acid groups (broad SMARTS) is 1. The zero-order chi connectivity index (χ0) is 67.1. The Bertz CT molecular complexity index is 3270. The third-order valence-electron chi connectivity index (χ3n) is 15.4. The molecule has 2 saturated heterocycles. The van der Waals surface area contributed by atoms with Crippen LogP contribution in [0.4, 0.5) is 0 Å². The number of aliphatic hydroxyl groups is 6. The zero-order valence-corrected chi connectivity index (χ0v) is 53.0. The SMILES string of the molecule is CC(=O)N[C@H]1[C@H]([C@H](O)[C@H](O)CNC(=O)c2ccc(-c3ccccc3)cc2)O[C@](C=O)(OCCCSCCNC(=O)c2ccc(C(=O)CCCSCCCO[C@]3(C(=O)O)C[C@H](O)[C@@H](NC(C)=O)[C@H]([C@H](O)[C@H](O)CNC(=O)c4ccc(-c5ccccc5)cc4)O3)cn2)C[C@@H]1O. The van der Waals surface area contributed by atoms with Gasteiger partial charge >= 0.3 is 5.97 Å². The number of aliphatic carboxylic acids is 1. The van der Waals surface area contributed by atoms with Crippen LogP contribution in [0.2, 0.25) is 0 Å². The number of nitrogens with one attached hydrogen (secondary N) is 5. The highest BCUT2D eigenvalue weighted by molar-refractivity contribution is 7.99. The van der Waals surface area contributed by atoms with Gasteiger partial charge in [0.05, 0.1) is 49.7 Å². The van der Waals surface area contributed by atoms with Crippen molar-refractivity contribution in [2.24, 2.45) is 0 Å². The average Bonchev–Trinajstić information content (AvgIpc) is 0.822. The molecule has 5 aromatic rings. The Morgan fingerprint density at radius 3 is 1.53 bits per heavy atom. The van der Waals surface area contributed by atoms with E-state index in [0.29, 0.717) is 59.7 Å². The van der Waals surface area contributed by atoms with Gasteiger partial charge < -0.3 is 81.3 Å². The third kappa shape index (κ3) is 21.0. The van der Waals surface area contributed by atoms with E-state index in [2.05, 4.69) is 31.6 Å². The fourth-order valence-electron chi connectivity index (χ4n) is 10.5. The number of carboxylic acids is 1. The van der Waals surface area contributed by atoms with Crippen LogP contribution in [-0.2, 0) is 38.1 Å². The molecule has 1 aromatic heterocycles. The fraction of sp³-hybridized carbons (Fsp3) is 0.439. The number of rotatable bonds is 35. The molecule has 0 aliphatic carbocycles. The number of aromatic nitrogens is 1. The second kappa shape index (κ2) is 35.7. The number of ether oxygens (including phenoxy) is 4. The van der Waals surface area contributed by atoms with Gasteiger partial charge in [0.2, 0.25) is 17.6 Å². The number of carbonyl (C=O) groups excluding carboxylic acids is 7. The molecule has 93 heavy (non-hydrogen) atoms. The number of pyridine rings is 1. The zero-order valence-electron chi connectivity index (χ0n) is 51.4. The van der Waals surface area contributed by atoms with Gasteiger partial charge in [-0.2, -0.15) is 23.5 Å². The minimum Gasteiger partial charge on any atom is -0.477 e. The molecule has 0 unspecified atom stereocenters. The van der Waals surface area contributed by atoms with Crippen molar-refractivity contribution in [2.75, 3.05) is 55.9 Å². The van der Waals surface area contributed by atoms with Crippen molar-refractivity contribution >= 4 is 71.1 Å². The minimum atomic E-state index is -2.48. The van der Waals surface area contributed by atoms with Gasteiger partial charge in [-0.1, -0.05) is 84.9 Å². The Hall–Kier alpha value is -7.51. The summed E-state index contributed by atoms with van der Waals surface area (Å²) in [7, 11) is 0. The summed E-state index contributed by atoms with van der Waals surface area (Å²) in [5.41, 5.74) is 4.66. The Labute approximate surface area is 546 Å². The largest absolute Gasteiger partial charge is 0.477 e. The van der Waals surface area contributed by atoms with Gasteiger partial charge in [0.15, 0.2) is 12.1 Å². The molecule has 3 heterocycles. The first kappa shape index (κ1) is 72.9. The van der Waals surface area contributed by atoms with Crippen molar-refractivity contribution in [1.82, 2.24) is 31.6 Å². The Morgan fingerprint density at radius 1 is 0.581 bits per heavy atom. The van der Waals surface area contributed by atoms with Crippen LogP contribution in [0.3, 0.4) is 0 Å². The molecular formula is C66H80N6O19S2. The third-order valence-corrected chi connectivity index (χ3v) is 17.6. The van der Waals surface area contributed by atoms with Crippen molar-refractivity contribution in [2.45, 2.75) is 125 Å². The van der Waals surface area contributed by atoms with Gasteiger partial charge in [-0.3, -0.25) is 38.5 Å². The lowest BCUT2D eigenvalue weighted by atomic mass is 9.88. The molecule has 0 saturated carbocycles. The van der Waals surface area contributed by atoms with Crippen LogP contribution in [0, 0.1) is 0 Å². The van der Waals surface area contributed by atoms with Crippen molar-refractivity contribution in [3.8, 4) is 22.3 Å². The van der Waals surface area contributed by atoms with Gasteiger partial charge in [0.1, 0.15) is 30.1 Å². The molecule has 4 aromatic carbocycles. The number of ketones is 1. The number of thioether (sulfide) groups is 2. The van der Waals surface area contributed by atoms with Crippen LogP contribution < -0.4 is 26.6 Å². The summed E-state index contributed by atoms with van der Waals surface area (Å²) in [5, 5.41) is 90.1. The maximum absolute atomic E-state index is 13.0. The van der Waals surface area contributed by atoms with E-state index in [1.807, 2.05) is 60.7 Å². The second-order valence-electron chi connectivity index (χ2n) is 22.4. The molecule has 0 radical (unpaired) electrons. The van der Waals surface area contributed by atoms with E-state index in [0.717, 1.165) is 29.2 Å². The molecule has 2 fully saturated rings. The van der Waals surface area contributed by atoms with Gasteiger partial charge in [0.25, 0.3) is 23.5 Å². The van der Waals surface area contributed by atoms with E-state index in [4.69, 9.17) is 18.9 Å².